The van der Waals surface area contributed by atoms with Crippen molar-refractivity contribution in [2.45, 2.75) is 37.9 Å². The fourth-order valence-electron chi connectivity index (χ4n) is 2.56. The van der Waals surface area contributed by atoms with Crippen LogP contribution in [-0.2, 0) is 0 Å². The lowest BCUT2D eigenvalue weighted by Gasteiger charge is -2.28. The molecule has 0 unspecified atom stereocenters. The van der Waals surface area contributed by atoms with Gasteiger partial charge in [0.25, 0.3) is 0 Å². The van der Waals surface area contributed by atoms with Crippen LogP contribution < -0.4 is 4.74 Å². The van der Waals surface area contributed by atoms with Crippen LogP contribution in [0.2, 0.25) is 0 Å². The third-order valence-electron chi connectivity index (χ3n) is 3.55. The molecule has 3 heteroatoms. The second kappa shape index (κ2) is 4.94. The van der Waals surface area contributed by atoms with Gasteiger partial charge in [0, 0.05) is 11.6 Å². The molecule has 1 N–H and O–H groups in total. The average Bonchev–Trinajstić information content (AvgIpc) is 2.42. The summed E-state index contributed by atoms with van der Waals surface area (Å²) >= 11 is 0. The predicted molar refractivity (Wildman–Crippen MR) is 70.6 cm³/mol. The highest BCUT2D eigenvalue weighted by Gasteiger charge is 2.25. The summed E-state index contributed by atoms with van der Waals surface area (Å²) in [6.45, 7) is 0. The Bertz CT molecular complexity index is 536. The van der Waals surface area contributed by atoms with Crippen LogP contribution in [0.1, 0.15) is 25.7 Å². The molecule has 3 nitrogen and oxygen atoms in total. The van der Waals surface area contributed by atoms with E-state index in [2.05, 4.69) is 4.98 Å². The molecule has 0 amide bonds. The molecule has 1 aromatic carbocycles. The molecular formula is C15H17NO2. The fraction of sp³-hybridized carbons (Fsp3) is 0.400. The van der Waals surface area contributed by atoms with Gasteiger partial charge < -0.3 is 9.84 Å². The van der Waals surface area contributed by atoms with E-state index in [0.717, 1.165) is 42.3 Å². The fourth-order valence-corrected chi connectivity index (χ4v) is 2.56. The first-order chi connectivity index (χ1) is 8.84. The van der Waals surface area contributed by atoms with E-state index >= 15 is 0 Å². The molecule has 1 heterocycles. The standard InChI is InChI=1S/C15H17NO2/c17-13-7-1-2-8-15(13)18-14-9-3-6-12-11(14)5-4-10-16-12/h3-6,9-10,13,15,17H,1-2,7-8H2/t13-,15-/m0/s1. The molecule has 1 saturated carbocycles. The van der Waals surface area contributed by atoms with Gasteiger partial charge >= 0.3 is 0 Å². The van der Waals surface area contributed by atoms with Crippen molar-refractivity contribution in [3.05, 3.63) is 36.5 Å². The summed E-state index contributed by atoms with van der Waals surface area (Å²) in [5.74, 6) is 0.826. The van der Waals surface area contributed by atoms with Gasteiger partial charge in [-0.1, -0.05) is 12.5 Å². The van der Waals surface area contributed by atoms with E-state index < -0.39 is 0 Å². The first kappa shape index (κ1) is 11.5. The minimum Gasteiger partial charge on any atom is -0.487 e. The van der Waals surface area contributed by atoms with Crippen molar-refractivity contribution in [2.24, 2.45) is 0 Å². The molecule has 18 heavy (non-hydrogen) atoms. The number of pyridine rings is 1. The Balaban J connectivity index is 1.90. The first-order valence-corrected chi connectivity index (χ1v) is 6.53. The van der Waals surface area contributed by atoms with E-state index in [4.69, 9.17) is 4.74 Å². The highest BCUT2D eigenvalue weighted by atomic mass is 16.5. The van der Waals surface area contributed by atoms with Crippen molar-refractivity contribution < 1.29 is 9.84 Å². The molecule has 3 rings (SSSR count). The van der Waals surface area contributed by atoms with Crippen LogP contribution in [-0.4, -0.2) is 22.3 Å². The normalized spacial score (nSPS) is 24.1. The first-order valence-electron chi connectivity index (χ1n) is 6.53. The van der Waals surface area contributed by atoms with Gasteiger partial charge in [0.1, 0.15) is 11.9 Å². The maximum absolute atomic E-state index is 9.96. The van der Waals surface area contributed by atoms with Crippen molar-refractivity contribution in [1.29, 1.82) is 0 Å². The van der Waals surface area contributed by atoms with Crippen LogP contribution in [0, 0.1) is 0 Å². The number of ether oxygens (including phenoxy) is 1. The number of nitrogens with zero attached hydrogens (tertiary/aromatic N) is 1. The van der Waals surface area contributed by atoms with E-state index in [1.807, 2.05) is 30.3 Å². The summed E-state index contributed by atoms with van der Waals surface area (Å²) in [5.41, 5.74) is 0.931. The third-order valence-corrected chi connectivity index (χ3v) is 3.55. The smallest absolute Gasteiger partial charge is 0.129 e. The zero-order valence-electron chi connectivity index (χ0n) is 10.2. The zero-order valence-corrected chi connectivity index (χ0v) is 10.2. The highest BCUT2D eigenvalue weighted by Crippen LogP contribution is 2.28. The molecule has 1 fully saturated rings. The Hall–Kier alpha value is -1.61. The summed E-state index contributed by atoms with van der Waals surface area (Å²) in [6.07, 6.45) is 5.35. The molecule has 94 valence electrons. The molecule has 0 saturated heterocycles. The van der Waals surface area contributed by atoms with Crippen LogP contribution in [0.15, 0.2) is 36.5 Å². The van der Waals surface area contributed by atoms with E-state index in [9.17, 15) is 5.11 Å². The molecule has 2 aromatic rings. The number of aliphatic hydroxyl groups is 1. The Labute approximate surface area is 106 Å². The minimum absolute atomic E-state index is 0.0791. The number of hydrogen-bond acceptors (Lipinski definition) is 3. The number of aliphatic hydroxyl groups excluding tert-OH is 1. The van der Waals surface area contributed by atoms with Gasteiger partial charge in [-0.25, -0.2) is 0 Å². The molecule has 1 aliphatic carbocycles. The van der Waals surface area contributed by atoms with Gasteiger partial charge in [-0.15, -0.1) is 0 Å². The lowest BCUT2D eigenvalue weighted by molar-refractivity contribution is 0.00768. The van der Waals surface area contributed by atoms with E-state index in [1.54, 1.807) is 6.20 Å². The maximum Gasteiger partial charge on any atom is 0.129 e. The van der Waals surface area contributed by atoms with Gasteiger partial charge in [-0.2, -0.15) is 0 Å². The highest BCUT2D eigenvalue weighted by molar-refractivity contribution is 5.84. The van der Waals surface area contributed by atoms with Crippen molar-refractivity contribution in [3.8, 4) is 5.75 Å². The molecule has 1 aliphatic rings. The second-order valence-electron chi connectivity index (χ2n) is 4.83. The Morgan fingerprint density at radius 1 is 1.11 bits per heavy atom. The van der Waals surface area contributed by atoms with E-state index in [0.29, 0.717) is 0 Å². The predicted octanol–water partition coefficient (Wildman–Crippen LogP) is 2.92. The van der Waals surface area contributed by atoms with Gasteiger partial charge in [-0.05, 0) is 43.5 Å². The van der Waals surface area contributed by atoms with Crippen LogP contribution >= 0.6 is 0 Å². The monoisotopic (exact) mass is 243 g/mol. The zero-order chi connectivity index (χ0) is 12.4. The van der Waals surface area contributed by atoms with Crippen LogP contribution in [0.25, 0.3) is 10.9 Å². The molecule has 1 aromatic heterocycles. The summed E-state index contributed by atoms with van der Waals surface area (Å²) in [7, 11) is 0. The quantitative estimate of drug-likeness (QED) is 0.881. The number of hydrogen-bond donors (Lipinski definition) is 1. The summed E-state index contributed by atoms with van der Waals surface area (Å²) < 4.78 is 5.99. The van der Waals surface area contributed by atoms with Crippen LogP contribution in [0.5, 0.6) is 5.75 Å². The summed E-state index contributed by atoms with van der Waals surface area (Å²) in [5, 5.41) is 11.0. The van der Waals surface area contributed by atoms with Crippen molar-refractivity contribution >= 4 is 10.9 Å². The van der Waals surface area contributed by atoms with Crippen molar-refractivity contribution in [2.75, 3.05) is 0 Å². The topological polar surface area (TPSA) is 42.4 Å². The van der Waals surface area contributed by atoms with Gasteiger partial charge in [-0.3, -0.25) is 4.98 Å². The Kier molecular flexibility index (Phi) is 3.15. The van der Waals surface area contributed by atoms with Gasteiger partial charge in [0.2, 0.25) is 0 Å². The van der Waals surface area contributed by atoms with Crippen molar-refractivity contribution in [1.82, 2.24) is 4.98 Å². The number of fused-ring (bicyclic) bond motifs is 1. The average molecular weight is 243 g/mol. The summed E-state index contributed by atoms with van der Waals surface area (Å²) in [6, 6.07) is 9.78. The SMILES string of the molecule is O[C@H]1CCCC[C@@H]1Oc1cccc2ncccc12. The molecule has 0 aliphatic heterocycles. The third kappa shape index (κ3) is 2.18. The second-order valence-corrected chi connectivity index (χ2v) is 4.83. The van der Waals surface area contributed by atoms with Crippen LogP contribution in [0.4, 0.5) is 0 Å². The van der Waals surface area contributed by atoms with Gasteiger partial charge in [0.05, 0.1) is 11.6 Å². The molecule has 0 radical (unpaired) electrons. The maximum atomic E-state index is 9.96. The molecule has 0 spiro atoms. The Morgan fingerprint density at radius 3 is 2.89 bits per heavy atom. The number of benzene rings is 1. The minimum atomic E-state index is -0.342. The molecular weight excluding hydrogens is 226 g/mol. The van der Waals surface area contributed by atoms with Gasteiger partial charge in [0.15, 0.2) is 0 Å². The molecule has 0 bridgehead atoms. The van der Waals surface area contributed by atoms with Crippen LogP contribution in [0.3, 0.4) is 0 Å². The lowest BCUT2D eigenvalue weighted by Crippen LogP contribution is -2.34. The van der Waals surface area contributed by atoms with E-state index in [-0.39, 0.29) is 12.2 Å². The molecule has 2 atom stereocenters. The number of rotatable bonds is 2. The lowest BCUT2D eigenvalue weighted by atomic mass is 9.95. The number of aromatic nitrogens is 1. The summed E-state index contributed by atoms with van der Waals surface area (Å²) in [4.78, 5) is 4.31. The van der Waals surface area contributed by atoms with E-state index in [1.165, 1.54) is 0 Å². The Morgan fingerprint density at radius 2 is 2.00 bits per heavy atom. The largest absolute Gasteiger partial charge is 0.487 e. The van der Waals surface area contributed by atoms with Crippen molar-refractivity contribution in [3.63, 3.8) is 0 Å².